The van der Waals surface area contributed by atoms with Gasteiger partial charge in [0, 0.05) is 0 Å². The Morgan fingerprint density at radius 3 is 1.88 bits per heavy atom. The molecule has 3 aromatic carbocycles. The Labute approximate surface area is 143 Å². The Kier molecular flexibility index (Phi) is 4.81. The highest BCUT2D eigenvalue weighted by Gasteiger charge is 2.29. The van der Waals surface area contributed by atoms with Crippen molar-refractivity contribution in [1.82, 2.24) is 0 Å². The first-order valence-electron chi connectivity index (χ1n) is 7.97. The molecule has 0 saturated carbocycles. The smallest absolute Gasteiger partial charge is 0.185 e. The number of rotatable bonds is 5. The lowest BCUT2D eigenvalue weighted by molar-refractivity contribution is 0.581. The minimum atomic E-state index is -3.47. The quantitative estimate of drug-likeness (QED) is 0.673. The number of hydrogen-bond acceptors (Lipinski definition) is 2. The highest BCUT2D eigenvalue weighted by atomic mass is 32.2. The summed E-state index contributed by atoms with van der Waals surface area (Å²) in [7, 11) is -3.47. The van der Waals surface area contributed by atoms with Crippen LogP contribution in [0.3, 0.4) is 0 Å². The highest BCUT2D eigenvalue weighted by Crippen LogP contribution is 2.32. The third-order valence-electron chi connectivity index (χ3n) is 4.16. The normalized spacial score (nSPS) is 12.7. The molecular formula is C21H20O2S. The topological polar surface area (TPSA) is 34.1 Å². The summed E-state index contributed by atoms with van der Waals surface area (Å²) in [5.74, 6) is 0. The van der Waals surface area contributed by atoms with Gasteiger partial charge in [0.25, 0.3) is 0 Å². The Balaban J connectivity index is 2.05. The number of aryl methyl sites for hydroxylation is 1. The zero-order chi connectivity index (χ0) is 17.0. The van der Waals surface area contributed by atoms with E-state index in [1.807, 2.05) is 79.7 Å². The van der Waals surface area contributed by atoms with Gasteiger partial charge in [-0.1, -0.05) is 78.4 Å². The molecule has 3 heteroatoms. The fraction of sp³-hybridized carbons (Fsp3) is 0.143. The first-order chi connectivity index (χ1) is 11.6. The molecule has 0 aliphatic carbocycles. The van der Waals surface area contributed by atoms with Gasteiger partial charge in [-0.2, -0.15) is 0 Å². The third kappa shape index (κ3) is 3.57. The molecule has 0 amide bonds. The second-order valence-electron chi connectivity index (χ2n) is 5.95. The van der Waals surface area contributed by atoms with Crippen LogP contribution in [0, 0.1) is 6.92 Å². The van der Waals surface area contributed by atoms with E-state index in [-0.39, 0.29) is 0 Å². The van der Waals surface area contributed by atoms with E-state index in [4.69, 9.17) is 0 Å². The van der Waals surface area contributed by atoms with E-state index in [9.17, 15) is 8.42 Å². The van der Waals surface area contributed by atoms with Crippen molar-refractivity contribution in [2.24, 2.45) is 0 Å². The van der Waals surface area contributed by atoms with Gasteiger partial charge in [-0.15, -0.1) is 0 Å². The standard InChI is InChI=1S/C21H20O2S/c1-17-12-14-20(15-13-17)24(22,23)21(19-10-6-3-7-11-19)16-18-8-4-2-5-9-18/h2-15,21H,16H2,1H3. The fourth-order valence-corrected chi connectivity index (χ4v) is 4.57. The molecule has 0 aromatic heterocycles. The zero-order valence-corrected chi connectivity index (χ0v) is 14.4. The largest absolute Gasteiger partial charge is 0.223 e. The van der Waals surface area contributed by atoms with Crippen LogP contribution in [0.4, 0.5) is 0 Å². The number of sulfone groups is 1. The second kappa shape index (κ2) is 7.02. The lowest BCUT2D eigenvalue weighted by atomic mass is 10.0. The van der Waals surface area contributed by atoms with Gasteiger partial charge in [0.15, 0.2) is 9.84 Å². The molecule has 0 heterocycles. The molecule has 3 rings (SSSR count). The van der Waals surface area contributed by atoms with Crippen LogP contribution >= 0.6 is 0 Å². The molecule has 1 atom stereocenters. The fourth-order valence-electron chi connectivity index (χ4n) is 2.79. The Hall–Kier alpha value is -2.39. The van der Waals surface area contributed by atoms with E-state index in [1.165, 1.54) is 0 Å². The molecule has 0 radical (unpaired) electrons. The van der Waals surface area contributed by atoms with Gasteiger partial charge >= 0.3 is 0 Å². The van der Waals surface area contributed by atoms with E-state index < -0.39 is 15.1 Å². The molecule has 0 saturated heterocycles. The van der Waals surface area contributed by atoms with Crippen LogP contribution in [0.25, 0.3) is 0 Å². The minimum Gasteiger partial charge on any atom is -0.223 e. The molecule has 122 valence electrons. The van der Waals surface area contributed by atoms with Crippen LogP contribution in [-0.2, 0) is 16.3 Å². The molecule has 2 nitrogen and oxygen atoms in total. The van der Waals surface area contributed by atoms with Crippen molar-refractivity contribution in [3.05, 3.63) is 102 Å². The van der Waals surface area contributed by atoms with Crippen LogP contribution in [0.1, 0.15) is 21.9 Å². The summed E-state index contributed by atoms with van der Waals surface area (Å²) in [6.45, 7) is 1.95. The molecule has 3 aromatic rings. The molecule has 0 aliphatic rings. The third-order valence-corrected chi connectivity index (χ3v) is 6.28. The molecule has 0 fully saturated rings. The Morgan fingerprint density at radius 2 is 1.29 bits per heavy atom. The van der Waals surface area contributed by atoms with Gasteiger partial charge < -0.3 is 0 Å². The predicted octanol–water partition coefficient (Wildman–Crippen LogP) is 4.75. The summed E-state index contributed by atoms with van der Waals surface area (Å²) in [4.78, 5) is 0.373. The average molecular weight is 336 g/mol. The number of hydrogen-bond donors (Lipinski definition) is 0. The molecule has 0 aliphatic heterocycles. The van der Waals surface area contributed by atoms with Crippen molar-refractivity contribution < 1.29 is 8.42 Å². The predicted molar refractivity (Wildman–Crippen MR) is 97.7 cm³/mol. The minimum absolute atomic E-state index is 0.373. The van der Waals surface area contributed by atoms with E-state index in [2.05, 4.69) is 0 Å². The maximum atomic E-state index is 13.2. The maximum Gasteiger partial charge on any atom is 0.185 e. The van der Waals surface area contributed by atoms with Gasteiger partial charge in [-0.05, 0) is 36.6 Å². The van der Waals surface area contributed by atoms with Gasteiger partial charge in [0.1, 0.15) is 0 Å². The van der Waals surface area contributed by atoms with E-state index in [0.29, 0.717) is 11.3 Å². The summed E-state index contributed by atoms with van der Waals surface area (Å²) in [5, 5.41) is -0.594. The van der Waals surface area contributed by atoms with Crippen LogP contribution in [0.5, 0.6) is 0 Å². The van der Waals surface area contributed by atoms with Crippen molar-refractivity contribution in [3.63, 3.8) is 0 Å². The Bertz CT molecular complexity index is 884. The summed E-state index contributed by atoms with van der Waals surface area (Å²) < 4.78 is 26.5. The van der Waals surface area contributed by atoms with Crippen molar-refractivity contribution in [2.45, 2.75) is 23.5 Å². The Morgan fingerprint density at radius 1 is 0.750 bits per heavy atom. The zero-order valence-electron chi connectivity index (χ0n) is 13.6. The highest BCUT2D eigenvalue weighted by molar-refractivity contribution is 7.91. The van der Waals surface area contributed by atoms with Crippen LogP contribution < -0.4 is 0 Å². The van der Waals surface area contributed by atoms with Gasteiger partial charge in [0.2, 0.25) is 0 Å². The summed E-state index contributed by atoms with van der Waals surface area (Å²) in [6.07, 6.45) is 0.459. The van der Waals surface area contributed by atoms with Crippen molar-refractivity contribution in [3.8, 4) is 0 Å². The first-order valence-corrected chi connectivity index (χ1v) is 9.51. The van der Waals surface area contributed by atoms with Gasteiger partial charge in [-0.25, -0.2) is 8.42 Å². The molecule has 0 N–H and O–H groups in total. The van der Waals surface area contributed by atoms with E-state index >= 15 is 0 Å². The van der Waals surface area contributed by atoms with Crippen molar-refractivity contribution in [2.75, 3.05) is 0 Å². The molecule has 0 bridgehead atoms. The van der Waals surface area contributed by atoms with Crippen molar-refractivity contribution in [1.29, 1.82) is 0 Å². The summed E-state index contributed by atoms with van der Waals surface area (Å²) in [5.41, 5.74) is 2.89. The first kappa shape index (κ1) is 16.5. The van der Waals surface area contributed by atoms with E-state index in [1.54, 1.807) is 12.1 Å². The summed E-state index contributed by atoms with van der Waals surface area (Å²) in [6, 6.07) is 26.3. The molecule has 24 heavy (non-hydrogen) atoms. The van der Waals surface area contributed by atoms with Crippen LogP contribution in [-0.4, -0.2) is 8.42 Å². The lowest BCUT2D eigenvalue weighted by Gasteiger charge is -2.19. The van der Waals surface area contributed by atoms with E-state index in [0.717, 1.165) is 16.7 Å². The van der Waals surface area contributed by atoms with Crippen LogP contribution in [0.2, 0.25) is 0 Å². The lowest BCUT2D eigenvalue weighted by Crippen LogP contribution is -2.16. The van der Waals surface area contributed by atoms with Crippen LogP contribution in [0.15, 0.2) is 89.8 Å². The summed E-state index contributed by atoms with van der Waals surface area (Å²) >= 11 is 0. The molecular weight excluding hydrogens is 316 g/mol. The maximum absolute atomic E-state index is 13.2. The number of benzene rings is 3. The van der Waals surface area contributed by atoms with Crippen molar-refractivity contribution >= 4 is 9.84 Å². The second-order valence-corrected chi connectivity index (χ2v) is 8.08. The molecule has 0 spiro atoms. The average Bonchev–Trinajstić information content (AvgIpc) is 2.61. The SMILES string of the molecule is Cc1ccc(S(=O)(=O)C(Cc2ccccc2)c2ccccc2)cc1. The molecule has 1 unspecified atom stereocenters. The van der Waals surface area contributed by atoms with Gasteiger partial charge in [-0.3, -0.25) is 0 Å². The van der Waals surface area contributed by atoms with Gasteiger partial charge in [0.05, 0.1) is 10.1 Å². The monoisotopic (exact) mass is 336 g/mol.